The van der Waals surface area contributed by atoms with E-state index >= 15 is 0 Å². The van der Waals surface area contributed by atoms with E-state index < -0.39 is 46.0 Å². The lowest BCUT2D eigenvalue weighted by molar-refractivity contribution is -0.387. The van der Waals surface area contributed by atoms with Gasteiger partial charge in [-0.1, -0.05) is 0 Å². The highest BCUT2D eigenvalue weighted by Crippen LogP contribution is 2.22. The standard InChI is InChI=1S/C9H5F2NO5/c10-5-2-6(11)7(12(16)17)1-4(5)8(13)3-9(14)15/h1-2H,3H2,(H,14,15). The van der Waals surface area contributed by atoms with E-state index in [1.165, 1.54) is 0 Å². The van der Waals surface area contributed by atoms with Crippen molar-refractivity contribution in [2.45, 2.75) is 6.42 Å². The molecule has 90 valence electrons. The molecule has 0 aliphatic heterocycles. The number of halogens is 2. The van der Waals surface area contributed by atoms with Gasteiger partial charge in [-0.15, -0.1) is 0 Å². The maximum absolute atomic E-state index is 13.1. The van der Waals surface area contributed by atoms with Gasteiger partial charge in [-0.3, -0.25) is 19.7 Å². The number of hydrogen-bond donors (Lipinski definition) is 1. The number of nitrogens with zero attached hydrogens (tertiary/aromatic N) is 1. The van der Waals surface area contributed by atoms with Crippen LogP contribution >= 0.6 is 0 Å². The predicted octanol–water partition coefficient (Wildman–Crippen LogP) is 1.53. The van der Waals surface area contributed by atoms with Crippen LogP contribution in [0.3, 0.4) is 0 Å². The van der Waals surface area contributed by atoms with Gasteiger partial charge in [-0.2, -0.15) is 4.39 Å². The molecule has 17 heavy (non-hydrogen) atoms. The Hall–Kier alpha value is -2.38. The van der Waals surface area contributed by atoms with Gasteiger partial charge in [0.05, 0.1) is 10.5 Å². The van der Waals surface area contributed by atoms with Crippen molar-refractivity contribution in [3.8, 4) is 0 Å². The van der Waals surface area contributed by atoms with Crippen LogP contribution in [0.5, 0.6) is 0 Å². The van der Waals surface area contributed by atoms with Gasteiger partial charge >= 0.3 is 11.7 Å². The number of nitro benzene ring substituents is 1. The van der Waals surface area contributed by atoms with Crippen molar-refractivity contribution in [1.82, 2.24) is 0 Å². The molecule has 0 aliphatic rings. The molecule has 0 radical (unpaired) electrons. The maximum Gasteiger partial charge on any atom is 0.311 e. The lowest BCUT2D eigenvalue weighted by Gasteiger charge is -2.01. The lowest BCUT2D eigenvalue weighted by Crippen LogP contribution is -2.10. The van der Waals surface area contributed by atoms with Crippen molar-refractivity contribution in [1.29, 1.82) is 0 Å². The average Bonchev–Trinajstić information content (AvgIpc) is 2.15. The van der Waals surface area contributed by atoms with E-state index in [0.717, 1.165) is 0 Å². The van der Waals surface area contributed by atoms with Gasteiger partial charge in [0, 0.05) is 12.1 Å². The van der Waals surface area contributed by atoms with Crippen molar-refractivity contribution in [3.05, 3.63) is 39.4 Å². The van der Waals surface area contributed by atoms with Crippen LogP contribution in [0.1, 0.15) is 16.8 Å². The fraction of sp³-hybridized carbons (Fsp3) is 0.111. The zero-order valence-corrected chi connectivity index (χ0v) is 8.15. The highest BCUT2D eigenvalue weighted by Gasteiger charge is 2.23. The van der Waals surface area contributed by atoms with E-state index in [1.54, 1.807) is 0 Å². The molecule has 1 aromatic rings. The van der Waals surface area contributed by atoms with E-state index in [-0.39, 0.29) is 6.07 Å². The number of benzene rings is 1. The zero-order valence-electron chi connectivity index (χ0n) is 8.15. The van der Waals surface area contributed by atoms with Crippen molar-refractivity contribution in [2.24, 2.45) is 0 Å². The summed E-state index contributed by atoms with van der Waals surface area (Å²) in [5.41, 5.74) is -1.90. The minimum absolute atomic E-state index is 0.174. The summed E-state index contributed by atoms with van der Waals surface area (Å²) in [4.78, 5) is 30.6. The van der Waals surface area contributed by atoms with Gasteiger partial charge in [0.2, 0.25) is 5.82 Å². The number of rotatable bonds is 4. The van der Waals surface area contributed by atoms with Crippen molar-refractivity contribution < 1.29 is 28.4 Å². The molecule has 0 bridgehead atoms. The first-order valence-corrected chi connectivity index (χ1v) is 4.21. The molecule has 0 spiro atoms. The summed E-state index contributed by atoms with van der Waals surface area (Å²) in [5, 5.41) is 18.7. The predicted molar refractivity (Wildman–Crippen MR) is 49.6 cm³/mol. The third-order valence-corrected chi connectivity index (χ3v) is 1.85. The number of Topliss-reactive ketones (excluding diaryl/α,β-unsaturated/α-hetero) is 1. The summed E-state index contributed by atoms with van der Waals surface area (Å²) in [6, 6.07) is 0.559. The summed E-state index contributed by atoms with van der Waals surface area (Å²) in [5.74, 6) is -5.45. The third kappa shape index (κ3) is 2.80. The van der Waals surface area contributed by atoms with Gasteiger partial charge in [0.1, 0.15) is 12.2 Å². The van der Waals surface area contributed by atoms with Crippen LogP contribution in [-0.4, -0.2) is 21.8 Å². The van der Waals surface area contributed by atoms with Crippen molar-refractivity contribution in [3.63, 3.8) is 0 Å². The van der Waals surface area contributed by atoms with E-state index in [2.05, 4.69) is 0 Å². The van der Waals surface area contributed by atoms with Crippen LogP contribution < -0.4 is 0 Å². The van der Waals surface area contributed by atoms with Crippen LogP contribution in [-0.2, 0) is 4.79 Å². The first kappa shape index (κ1) is 12.7. The molecule has 0 unspecified atom stereocenters. The number of carboxylic acids is 1. The molecule has 0 fully saturated rings. The number of hydrogen-bond acceptors (Lipinski definition) is 4. The van der Waals surface area contributed by atoms with Gasteiger partial charge in [0.15, 0.2) is 5.78 Å². The lowest BCUT2D eigenvalue weighted by atomic mass is 10.1. The van der Waals surface area contributed by atoms with Crippen LogP contribution in [0.25, 0.3) is 0 Å². The number of carbonyl (C=O) groups is 2. The first-order chi connectivity index (χ1) is 7.82. The second kappa shape index (κ2) is 4.64. The molecule has 0 saturated heterocycles. The van der Waals surface area contributed by atoms with Crippen LogP contribution in [0.2, 0.25) is 0 Å². The van der Waals surface area contributed by atoms with Crippen molar-refractivity contribution >= 4 is 17.4 Å². The Balaban J connectivity index is 3.25. The van der Waals surface area contributed by atoms with Crippen molar-refractivity contribution in [2.75, 3.05) is 0 Å². The number of aliphatic carboxylic acids is 1. The second-order valence-electron chi connectivity index (χ2n) is 3.03. The number of ketones is 1. The SMILES string of the molecule is O=C(O)CC(=O)c1cc([N+](=O)[O-])c(F)cc1F. The highest BCUT2D eigenvalue weighted by molar-refractivity contribution is 6.05. The Morgan fingerprint density at radius 1 is 1.29 bits per heavy atom. The molecule has 0 aliphatic carbocycles. The molecule has 0 amide bonds. The Morgan fingerprint density at radius 3 is 2.35 bits per heavy atom. The molecule has 8 heteroatoms. The first-order valence-electron chi connectivity index (χ1n) is 4.21. The minimum Gasteiger partial charge on any atom is -0.481 e. The number of carboxylic acid groups (broad SMARTS) is 1. The summed E-state index contributed by atoms with van der Waals surface area (Å²) in [7, 11) is 0. The molecule has 1 N–H and O–H groups in total. The smallest absolute Gasteiger partial charge is 0.311 e. The quantitative estimate of drug-likeness (QED) is 0.375. The summed E-state index contributed by atoms with van der Waals surface area (Å²) >= 11 is 0. The summed E-state index contributed by atoms with van der Waals surface area (Å²) < 4.78 is 26.0. The van der Waals surface area contributed by atoms with E-state index in [4.69, 9.17) is 5.11 Å². The molecule has 0 heterocycles. The monoisotopic (exact) mass is 245 g/mol. The van der Waals surface area contributed by atoms with Gasteiger partial charge in [-0.05, 0) is 0 Å². The molecule has 6 nitrogen and oxygen atoms in total. The fourth-order valence-electron chi connectivity index (χ4n) is 1.12. The van der Waals surface area contributed by atoms with E-state index in [1.807, 2.05) is 0 Å². The Kier molecular flexibility index (Phi) is 3.46. The molecule has 1 rings (SSSR count). The van der Waals surface area contributed by atoms with Crippen LogP contribution in [0.4, 0.5) is 14.5 Å². The number of nitro groups is 1. The topological polar surface area (TPSA) is 97.5 Å². The maximum atomic E-state index is 13.1. The highest BCUT2D eigenvalue weighted by atomic mass is 19.1. The zero-order chi connectivity index (χ0) is 13.2. The summed E-state index contributed by atoms with van der Waals surface area (Å²) in [6.07, 6.45) is -1.03. The normalized spacial score (nSPS) is 10.0. The molecule has 1 aromatic carbocycles. The third-order valence-electron chi connectivity index (χ3n) is 1.85. The summed E-state index contributed by atoms with van der Waals surface area (Å²) in [6.45, 7) is 0. The van der Waals surface area contributed by atoms with Crippen LogP contribution in [0.15, 0.2) is 12.1 Å². The Morgan fingerprint density at radius 2 is 1.88 bits per heavy atom. The molecule has 0 atom stereocenters. The van der Waals surface area contributed by atoms with E-state index in [9.17, 15) is 28.5 Å². The second-order valence-corrected chi connectivity index (χ2v) is 3.03. The largest absolute Gasteiger partial charge is 0.481 e. The number of carbonyl (C=O) groups excluding carboxylic acids is 1. The molecular weight excluding hydrogens is 240 g/mol. The van der Waals surface area contributed by atoms with Gasteiger partial charge in [0.25, 0.3) is 0 Å². The van der Waals surface area contributed by atoms with Crippen LogP contribution in [0, 0.1) is 21.7 Å². The van der Waals surface area contributed by atoms with Gasteiger partial charge in [-0.25, -0.2) is 4.39 Å². The Labute approximate surface area is 92.6 Å². The minimum atomic E-state index is -1.51. The molecule has 0 aromatic heterocycles. The van der Waals surface area contributed by atoms with Gasteiger partial charge < -0.3 is 5.11 Å². The van der Waals surface area contributed by atoms with E-state index in [0.29, 0.717) is 6.07 Å². The average molecular weight is 245 g/mol. The molecular formula is C9H5F2NO5. The molecule has 0 saturated carbocycles. The Bertz CT molecular complexity index is 514. The fourth-order valence-corrected chi connectivity index (χ4v) is 1.12.